The minimum atomic E-state index is -3.37. The van der Waals surface area contributed by atoms with Gasteiger partial charge in [0.15, 0.2) is 0 Å². The predicted molar refractivity (Wildman–Crippen MR) is 91.1 cm³/mol. The molecule has 1 unspecified atom stereocenters. The molecule has 2 aromatic rings. The summed E-state index contributed by atoms with van der Waals surface area (Å²) in [5, 5.41) is 0.285. The number of hydrogen-bond acceptors (Lipinski definition) is 5. The average Bonchev–Trinajstić information content (AvgIpc) is 2.60. The molecule has 1 atom stereocenters. The number of hydrogen-bond donors (Lipinski definition) is 0. The monoisotopic (exact) mass is 348 g/mol. The van der Waals surface area contributed by atoms with Crippen molar-refractivity contribution < 1.29 is 13.2 Å². The summed E-state index contributed by atoms with van der Waals surface area (Å²) in [4.78, 5) is 22.6. The Labute approximate surface area is 141 Å². The van der Waals surface area contributed by atoms with E-state index in [9.17, 15) is 13.2 Å². The normalized spacial score (nSPS) is 19.0. The molecule has 3 heterocycles. The molecule has 0 bridgehead atoms. The van der Waals surface area contributed by atoms with Crippen molar-refractivity contribution in [2.24, 2.45) is 0 Å². The van der Waals surface area contributed by atoms with Gasteiger partial charge in [-0.25, -0.2) is 12.7 Å². The van der Waals surface area contributed by atoms with Crippen LogP contribution in [0.25, 0.3) is 10.9 Å². The maximum atomic E-state index is 12.7. The number of rotatable bonds is 3. The summed E-state index contributed by atoms with van der Waals surface area (Å²) in [6.07, 6.45) is 6.07. The van der Waals surface area contributed by atoms with Crippen LogP contribution in [-0.4, -0.2) is 65.9 Å². The highest BCUT2D eigenvalue weighted by molar-refractivity contribution is 7.89. The van der Waals surface area contributed by atoms with Crippen molar-refractivity contribution in [3.05, 3.63) is 36.3 Å². The first-order chi connectivity index (χ1) is 11.4. The van der Waals surface area contributed by atoms with E-state index >= 15 is 0 Å². The quantitative estimate of drug-likeness (QED) is 0.830. The van der Waals surface area contributed by atoms with Crippen LogP contribution in [0.1, 0.15) is 23.2 Å². The largest absolute Gasteiger partial charge is 0.337 e. The lowest BCUT2D eigenvalue weighted by Crippen LogP contribution is -2.48. The number of sulfonamides is 1. The highest BCUT2D eigenvalue weighted by Gasteiger charge is 2.34. The van der Waals surface area contributed by atoms with E-state index in [2.05, 4.69) is 9.97 Å². The van der Waals surface area contributed by atoms with Gasteiger partial charge in [0.1, 0.15) is 0 Å². The Hall–Kier alpha value is -2.06. The number of amides is 1. The van der Waals surface area contributed by atoms with Crippen LogP contribution in [0, 0.1) is 0 Å². The summed E-state index contributed by atoms with van der Waals surface area (Å²) < 4.78 is 25.9. The fourth-order valence-electron chi connectivity index (χ4n) is 2.93. The summed E-state index contributed by atoms with van der Waals surface area (Å²) >= 11 is 0. The number of carbonyl (C=O) groups is 1. The third kappa shape index (κ3) is 3.11. The van der Waals surface area contributed by atoms with Gasteiger partial charge in [-0.1, -0.05) is 0 Å². The number of pyridine rings is 2. The van der Waals surface area contributed by atoms with E-state index in [4.69, 9.17) is 0 Å². The summed E-state index contributed by atoms with van der Waals surface area (Å²) in [7, 11) is -0.317. The van der Waals surface area contributed by atoms with Crippen molar-refractivity contribution in [2.75, 3.05) is 27.2 Å². The first-order valence-electron chi connectivity index (χ1n) is 7.80. The van der Waals surface area contributed by atoms with Gasteiger partial charge in [-0.3, -0.25) is 14.8 Å². The molecule has 0 aromatic carbocycles. The number of fused-ring (bicyclic) bond motifs is 1. The second kappa shape index (κ2) is 6.45. The molecule has 1 amide bonds. The predicted octanol–water partition coefficient (Wildman–Crippen LogP) is 1.13. The van der Waals surface area contributed by atoms with Gasteiger partial charge < -0.3 is 4.90 Å². The van der Waals surface area contributed by atoms with Gasteiger partial charge in [-0.2, -0.15) is 0 Å². The molecule has 0 saturated carbocycles. The number of piperidine rings is 1. The Morgan fingerprint density at radius 3 is 2.88 bits per heavy atom. The molecular formula is C16H20N4O3S. The standard InChI is InChI=1S/C16H20N4O3S/c1-19(2)24(22,23)14-4-3-7-20(11-14)16(21)13-8-12-5-6-17-10-15(12)18-9-13/h5-6,8-10,14H,3-4,7,11H2,1-2H3. The van der Waals surface area contributed by atoms with Gasteiger partial charge in [0.2, 0.25) is 10.0 Å². The lowest BCUT2D eigenvalue weighted by molar-refractivity contribution is 0.0725. The zero-order valence-corrected chi connectivity index (χ0v) is 14.5. The van der Waals surface area contributed by atoms with Gasteiger partial charge in [0, 0.05) is 45.0 Å². The SMILES string of the molecule is CN(C)S(=O)(=O)C1CCCN(C(=O)c2cnc3cnccc3c2)C1. The summed E-state index contributed by atoms with van der Waals surface area (Å²) in [6.45, 7) is 0.778. The highest BCUT2D eigenvalue weighted by Crippen LogP contribution is 2.21. The second-order valence-electron chi connectivity index (χ2n) is 6.14. The fraction of sp³-hybridized carbons (Fsp3) is 0.438. The van der Waals surface area contributed by atoms with Crippen molar-refractivity contribution in [1.29, 1.82) is 0 Å². The van der Waals surface area contributed by atoms with Crippen LogP contribution < -0.4 is 0 Å². The molecule has 24 heavy (non-hydrogen) atoms. The van der Waals surface area contributed by atoms with Gasteiger partial charge in [-0.15, -0.1) is 0 Å². The molecule has 128 valence electrons. The van der Waals surface area contributed by atoms with Gasteiger partial charge in [0.05, 0.1) is 22.5 Å². The lowest BCUT2D eigenvalue weighted by Gasteiger charge is -2.33. The van der Waals surface area contributed by atoms with Crippen molar-refractivity contribution in [1.82, 2.24) is 19.2 Å². The Bertz CT molecular complexity index is 867. The molecule has 8 heteroatoms. The van der Waals surface area contributed by atoms with Crippen LogP contribution in [0.15, 0.2) is 30.7 Å². The van der Waals surface area contributed by atoms with E-state index in [1.807, 2.05) is 0 Å². The van der Waals surface area contributed by atoms with Crippen LogP contribution in [0.2, 0.25) is 0 Å². The smallest absolute Gasteiger partial charge is 0.255 e. The first-order valence-corrected chi connectivity index (χ1v) is 9.30. The summed E-state index contributed by atoms with van der Waals surface area (Å²) in [5.74, 6) is -0.181. The summed E-state index contributed by atoms with van der Waals surface area (Å²) in [6, 6.07) is 3.57. The van der Waals surface area contributed by atoms with Crippen LogP contribution in [0.5, 0.6) is 0 Å². The lowest BCUT2D eigenvalue weighted by atomic mass is 10.1. The maximum Gasteiger partial charge on any atom is 0.255 e. The average molecular weight is 348 g/mol. The van der Waals surface area contributed by atoms with Crippen molar-refractivity contribution in [2.45, 2.75) is 18.1 Å². The minimum absolute atomic E-state index is 0.181. The van der Waals surface area contributed by atoms with Crippen molar-refractivity contribution >= 4 is 26.8 Å². The maximum absolute atomic E-state index is 12.7. The number of aromatic nitrogens is 2. The van der Waals surface area contributed by atoms with Crippen LogP contribution in [0.3, 0.4) is 0 Å². The molecule has 2 aromatic heterocycles. The molecule has 1 aliphatic rings. The highest BCUT2D eigenvalue weighted by atomic mass is 32.2. The molecule has 1 saturated heterocycles. The van der Waals surface area contributed by atoms with Crippen LogP contribution >= 0.6 is 0 Å². The van der Waals surface area contributed by atoms with E-state index in [0.29, 0.717) is 24.9 Å². The molecule has 7 nitrogen and oxygen atoms in total. The zero-order chi connectivity index (χ0) is 17.3. The molecule has 0 aliphatic carbocycles. The Balaban J connectivity index is 1.83. The van der Waals surface area contributed by atoms with Gasteiger partial charge in [-0.05, 0) is 25.0 Å². The number of carbonyl (C=O) groups excluding carboxylic acids is 1. The van der Waals surface area contributed by atoms with E-state index < -0.39 is 15.3 Å². The molecular weight excluding hydrogens is 328 g/mol. The first kappa shape index (κ1) is 16.8. The zero-order valence-electron chi connectivity index (χ0n) is 13.7. The third-order valence-corrected chi connectivity index (χ3v) is 6.57. The Kier molecular flexibility index (Phi) is 4.51. The van der Waals surface area contributed by atoms with E-state index in [0.717, 1.165) is 10.9 Å². The van der Waals surface area contributed by atoms with E-state index in [1.54, 1.807) is 29.4 Å². The molecule has 3 rings (SSSR count). The van der Waals surface area contributed by atoms with Crippen molar-refractivity contribution in [3.8, 4) is 0 Å². The van der Waals surface area contributed by atoms with E-state index in [-0.39, 0.29) is 12.5 Å². The second-order valence-corrected chi connectivity index (χ2v) is 8.56. The van der Waals surface area contributed by atoms with Crippen molar-refractivity contribution in [3.63, 3.8) is 0 Å². The third-order valence-electron chi connectivity index (χ3n) is 4.33. The molecule has 1 aliphatic heterocycles. The van der Waals surface area contributed by atoms with Gasteiger partial charge in [0.25, 0.3) is 5.91 Å². The van der Waals surface area contributed by atoms with Crippen LogP contribution in [0.4, 0.5) is 0 Å². The minimum Gasteiger partial charge on any atom is -0.337 e. The Morgan fingerprint density at radius 1 is 1.33 bits per heavy atom. The molecule has 1 fully saturated rings. The van der Waals surface area contributed by atoms with E-state index in [1.165, 1.54) is 24.6 Å². The topological polar surface area (TPSA) is 83.5 Å². The molecule has 0 spiro atoms. The molecule has 0 N–H and O–H groups in total. The Morgan fingerprint density at radius 2 is 2.12 bits per heavy atom. The molecule has 0 radical (unpaired) electrons. The van der Waals surface area contributed by atoms with Gasteiger partial charge >= 0.3 is 0 Å². The number of likely N-dealkylation sites (tertiary alicyclic amines) is 1. The fourth-order valence-corrected chi connectivity index (χ4v) is 4.36. The summed E-state index contributed by atoms with van der Waals surface area (Å²) in [5.41, 5.74) is 1.19. The van der Waals surface area contributed by atoms with Crippen LogP contribution in [-0.2, 0) is 10.0 Å². The number of nitrogens with zero attached hydrogens (tertiary/aromatic N) is 4.